The summed E-state index contributed by atoms with van der Waals surface area (Å²) in [5.74, 6) is 2.89. The molecule has 1 saturated heterocycles. The summed E-state index contributed by atoms with van der Waals surface area (Å²) in [6, 6.07) is 5.52. The SMILES string of the molecule is COc1ccc(C[C@@H]2C(=O)N(C34CC5CC5CC3C4)C[C@H]2O)c(Cl)c1. The van der Waals surface area contributed by atoms with E-state index in [1.165, 1.54) is 12.8 Å². The van der Waals surface area contributed by atoms with Crippen LogP contribution in [0.1, 0.15) is 31.2 Å². The molecule has 4 fully saturated rings. The Kier molecular flexibility index (Phi) is 3.43. The lowest BCUT2D eigenvalue weighted by atomic mass is 9.93. The minimum absolute atomic E-state index is 0.0776. The first-order valence-corrected chi connectivity index (χ1v) is 9.71. The van der Waals surface area contributed by atoms with Gasteiger partial charge in [-0.3, -0.25) is 4.79 Å². The number of hydrogen-bond donors (Lipinski definition) is 1. The van der Waals surface area contributed by atoms with Crippen LogP contribution in [0.4, 0.5) is 0 Å². The van der Waals surface area contributed by atoms with Crippen molar-refractivity contribution in [2.24, 2.45) is 23.7 Å². The molecule has 0 spiro atoms. The van der Waals surface area contributed by atoms with E-state index in [0.717, 1.165) is 30.2 Å². The molecule has 4 unspecified atom stereocenters. The van der Waals surface area contributed by atoms with Crippen LogP contribution in [0, 0.1) is 23.7 Å². The maximum atomic E-state index is 13.1. The van der Waals surface area contributed by atoms with Crippen LogP contribution in [-0.2, 0) is 11.2 Å². The number of likely N-dealkylation sites (tertiary alicyclic amines) is 1. The largest absolute Gasteiger partial charge is 0.497 e. The number of methoxy groups -OCH3 is 1. The number of aliphatic hydroxyl groups is 1. The van der Waals surface area contributed by atoms with Crippen molar-refractivity contribution < 1.29 is 14.6 Å². The lowest BCUT2D eigenvalue weighted by Crippen LogP contribution is -2.43. The number of carbonyl (C=O) groups excluding carboxylic acids is 1. The fourth-order valence-electron chi connectivity index (χ4n) is 5.48. The normalized spacial score (nSPS) is 41.3. The van der Waals surface area contributed by atoms with Crippen LogP contribution < -0.4 is 4.74 Å². The molecule has 3 aliphatic carbocycles. The smallest absolute Gasteiger partial charge is 0.229 e. The summed E-state index contributed by atoms with van der Waals surface area (Å²) >= 11 is 6.34. The number of fused-ring (bicyclic) bond motifs is 2. The minimum atomic E-state index is -0.599. The lowest BCUT2D eigenvalue weighted by Gasteiger charge is -2.32. The molecule has 25 heavy (non-hydrogen) atoms. The Morgan fingerprint density at radius 1 is 1.32 bits per heavy atom. The molecular weight excluding hydrogens is 338 g/mol. The third-order valence-corrected chi connectivity index (χ3v) is 7.48. The van der Waals surface area contributed by atoms with E-state index in [1.54, 1.807) is 13.2 Å². The molecule has 0 bridgehead atoms. The van der Waals surface area contributed by atoms with Crippen molar-refractivity contribution in [3.05, 3.63) is 28.8 Å². The van der Waals surface area contributed by atoms with Gasteiger partial charge in [-0.1, -0.05) is 17.7 Å². The molecule has 0 radical (unpaired) electrons. The Morgan fingerprint density at radius 3 is 2.92 bits per heavy atom. The predicted octanol–water partition coefficient (Wildman–Crippen LogP) is 2.90. The van der Waals surface area contributed by atoms with Crippen molar-refractivity contribution in [1.29, 1.82) is 0 Å². The van der Waals surface area contributed by atoms with Gasteiger partial charge in [0.1, 0.15) is 5.75 Å². The van der Waals surface area contributed by atoms with E-state index in [-0.39, 0.29) is 17.4 Å². The average molecular weight is 362 g/mol. The summed E-state index contributed by atoms with van der Waals surface area (Å²) in [5, 5.41) is 11.2. The first-order valence-electron chi connectivity index (χ1n) is 9.34. The van der Waals surface area contributed by atoms with Crippen LogP contribution in [0.5, 0.6) is 5.75 Å². The van der Waals surface area contributed by atoms with Gasteiger partial charge in [0, 0.05) is 17.1 Å². The number of carbonyl (C=O) groups is 1. The summed E-state index contributed by atoms with van der Waals surface area (Å²) in [6.07, 6.45) is 4.85. The van der Waals surface area contributed by atoms with Gasteiger partial charge in [-0.25, -0.2) is 0 Å². The van der Waals surface area contributed by atoms with Crippen molar-refractivity contribution in [3.8, 4) is 5.75 Å². The van der Waals surface area contributed by atoms with Crippen LogP contribution in [0.3, 0.4) is 0 Å². The fourth-order valence-corrected chi connectivity index (χ4v) is 5.73. The first kappa shape index (κ1) is 16.0. The molecule has 5 rings (SSSR count). The molecule has 1 N–H and O–H groups in total. The third kappa shape index (κ3) is 2.41. The van der Waals surface area contributed by atoms with Crippen molar-refractivity contribution in [2.45, 2.75) is 43.7 Å². The topological polar surface area (TPSA) is 49.8 Å². The molecule has 4 nitrogen and oxygen atoms in total. The zero-order valence-electron chi connectivity index (χ0n) is 14.5. The number of amides is 1. The van der Waals surface area contributed by atoms with Crippen LogP contribution in [0.15, 0.2) is 18.2 Å². The number of hydrogen-bond acceptors (Lipinski definition) is 3. The zero-order valence-corrected chi connectivity index (χ0v) is 15.2. The Hall–Kier alpha value is -1.26. The van der Waals surface area contributed by atoms with E-state index >= 15 is 0 Å². The second-order valence-corrected chi connectivity index (χ2v) is 8.89. The fraction of sp³-hybridized carbons (Fsp3) is 0.650. The van der Waals surface area contributed by atoms with Gasteiger partial charge in [-0.05, 0) is 67.6 Å². The Morgan fingerprint density at radius 2 is 2.16 bits per heavy atom. The molecule has 3 saturated carbocycles. The number of aliphatic hydroxyl groups excluding tert-OH is 1. The van der Waals surface area contributed by atoms with E-state index in [1.807, 2.05) is 17.0 Å². The molecular formula is C20H24ClNO3. The van der Waals surface area contributed by atoms with E-state index < -0.39 is 6.10 Å². The monoisotopic (exact) mass is 361 g/mol. The van der Waals surface area contributed by atoms with E-state index in [9.17, 15) is 9.90 Å². The van der Waals surface area contributed by atoms with Gasteiger partial charge in [0.05, 0.1) is 19.1 Å². The highest BCUT2D eigenvalue weighted by Crippen LogP contribution is 2.68. The average Bonchev–Trinajstić information content (AvgIpc) is 3.47. The molecule has 134 valence electrons. The molecule has 0 aromatic heterocycles. The Balaban J connectivity index is 1.34. The highest BCUT2D eigenvalue weighted by atomic mass is 35.5. The van der Waals surface area contributed by atoms with Gasteiger partial charge in [0.2, 0.25) is 5.91 Å². The van der Waals surface area contributed by atoms with Crippen molar-refractivity contribution in [3.63, 3.8) is 0 Å². The standard InChI is InChI=1S/C20H24ClNO3/c1-25-15-3-2-11(17(21)7-15)6-16-18(23)10-22(19(16)24)20-8-13-4-12(13)5-14(20)9-20/h2-3,7,12-14,16,18,23H,4-6,8-10H2,1H3/t12?,13?,14?,16-,18+,20?/m0/s1. The van der Waals surface area contributed by atoms with Crippen LogP contribution in [0.25, 0.3) is 0 Å². The maximum absolute atomic E-state index is 13.1. The number of halogens is 1. The first-order chi connectivity index (χ1) is 12.0. The zero-order chi connectivity index (χ0) is 17.3. The highest BCUT2D eigenvalue weighted by molar-refractivity contribution is 6.31. The van der Waals surface area contributed by atoms with Crippen LogP contribution in [-0.4, -0.2) is 41.2 Å². The summed E-state index contributed by atoms with van der Waals surface area (Å²) in [7, 11) is 1.60. The number of rotatable bonds is 4. The van der Waals surface area contributed by atoms with Crippen molar-refractivity contribution in [1.82, 2.24) is 4.90 Å². The van der Waals surface area contributed by atoms with Gasteiger partial charge in [-0.15, -0.1) is 0 Å². The lowest BCUT2D eigenvalue weighted by molar-refractivity contribution is -0.134. The number of β-amino-alcohol motifs (C(OH)–C–C–N with tert-alkyl or cyclic N) is 1. The number of benzene rings is 1. The summed E-state index contributed by atoms with van der Waals surface area (Å²) in [4.78, 5) is 15.1. The summed E-state index contributed by atoms with van der Waals surface area (Å²) in [5.41, 5.74) is 0.978. The molecule has 5 heteroatoms. The Labute approximate surface area is 153 Å². The van der Waals surface area contributed by atoms with Crippen molar-refractivity contribution >= 4 is 17.5 Å². The molecule has 6 atom stereocenters. The second kappa shape index (κ2) is 5.37. The molecule has 1 aromatic carbocycles. The number of nitrogens with zero attached hydrogens (tertiary/aromatic N) is 1. The maximum Gasteiger partial charge on any atom is 0.229 e. The van der Waals surface area contributed by atoms with Gasteiger partial charge < -0.3 is 14.7 Å². The van der Waals surface area contributed by atoms with Crippen LogP contribution >= 0.6 is 11.6 Å². The van der Waals surface area contributed by atoms with E-state index in [4.69, 9.17) is 16.3 Å². The number of ether oxygens (including phenoxy) is 1. The quantitative estimate of drug-likeness (QED) is 0.897. The predicted molar refractivity (Wildman–Crippen MR) is 94.6 cm³/mol. The van der Waals surface area contributed by atoms with E-state index in [0.29, 0.717) is 29.7 Å². The molecule has 4 aliphatic rings. The van der Waals surface area contributed by atoms with Gasteiger partial charge >= 0.3 is 0 Å². The molecule has 1 amide bonds. The Bertz CT molecular complexity index is 738. The van der Waals surface area contributed by atoms with Crippen LogP contribution in [0.2, 0.25) is 5.02 Å². The van der Waals surface area contributed by atoms with Gasteiger partial charge in [-0.2, -0.15) is 0 Å². The summed E-state index contributed by atoms with van der Waals surface area (Å²) in [6.45, 7) is 0.491. The minimum Gasteiger partial charge on any atom is -0.497 e. The highest BCUT2D eigenvalue weighted by Gasteiger charge is 2.68. The van der Waals surface area contributed by atoms with Gasteiger partial charge in [0.15, 0.2) is 0 Å². The summed E-state index contributed by atoms with van der Waals surface area (Å²) < 4.78 is 5.18. The second-order valence-electron chi connectivity index (χ2n) is 8.48. The molecule has 1 aromatic rings. The molecule has 1 aliphatic heterocycles. The van der Waals surface area contributed by atoms with E-state index in [2.05, 4.69) is 0 Å². The van der Waals surface area contributed by atoms with Crippen molar-refractivity contribution in [2.75, 3.05) is 13.7 Å². The van der Waals surface area contributed by atoms with Gasteiger partial charge in [0.25, 0.3) is 0 Å². The third-order valence-electron chi connectivity index (χ3n) is 7.13. The molecule has 1 heterocycles.